The van der Waals surface area contributed by atoms with Gasteiger partial charge in [-0.1, -0.05) is 0 Å². The number of carbonyl (C=O) groups is 1. The third kappa shape index (κ3) is 3.75. The van der Waals surface area contributed by atoms with Gasteiger partial charge in [0.15, 0.2) is 0 Å². The first-order valence-electron chi connectivity index (χ1n) is 10.1. The first-order valence-corrected chi connectivity index (χ1v) is 10.9. The Labute approximate surface area is 179 Å². The van der Waals surface area contributed by atoms with Crippen LogP contribution in [0.1, 0.15) is 41.3 Å². The monoisotopic (exact) mass is 423 g/mol. The fourth-order valence-corrected chi connectivity index (χ4v) is 5.41. The van der Waals surface area contributed by atoms with E-state index in [9.17, 15) is 4.79 Å². The minimum absolute atomic E-state index is 0.116. The Morgan fingerprint density at radius 3 is 3.03 bits per heavy atom. The average molecular weight is 424 g/mol. The number of carbonyl (C=O) groups excluding carboxylic acids is 1. The number of nitrogen functional groups attached to an aromatic ring is 1. The van der Waals surface area contributed by atoms with E-state index in [0.717, 1.165) is 46.5 Å². The number of hydrogen-bond acceptors (Lipinski definition) is 8. The van der Waals surface area contributed by atoms with Gasteiger partial charge in [-0.3, -0.25) is 4.79 Å². The SMILES string of the molecule is CCOC(=O)CC1CCc2c(sc3ncnc(Nc4ccc(N)c(C=N)c4C)c23)C1. The summed E-state index contributed by atoms with van der Waals surface area (Å²) in [5, 5.41) is 12.1. The molecule has 0 amide bonds. The third-order valence-corrected chi connectivity index (χ3v) is 6.82. The summed E-state index contributed by atoms with van der Waals surface area (Å²) >= 11 is 1.68. The summed E-state index contributed by atoms with van der Waals surface area (Å²) in [5.41, 5.74) is 10.3. The number of ether oxygens (including phenoxy) is 1. The Hall–Kier alpha value is -3.00. The largest absolute Gasteiger partial charge is 0.466 e. The fraction of sp³-hybridized carbons (Fsp3) is 0.364. The second-order valence-electron chi connectivity index (χ2n) is 7.53. The van der Waals surface area contributed by atoms with Crippen molar-refractivity contribution in [3.8, 4) is 0 Å². The van der Waals surface area contributed by atoms with Gasteiger partial charge >= 0.3 is 5.97 Å². The van der Waals surface area contributed by atoms with Gasteiger partial charge in [0.25, 0.3) is 0 Å². The van der Waals surface area contributed by atoms with Crippen LogP contribution in [0, 0.1) is 18.3 Å². The lowest BCUT2D eigenvalue weighted by atomic mass is 9.86. The van der Waals surface area contributed by atoms with Gasteiger partial charge in [-0.25, -0.2) is 9.97 Å². The summed E-state index contributed by atoms with van der Waals surface area (Å²) in [6.45, 7) is 4.21. The Bertz CT molecular complexity index is 1120. The van der Waals surface area contributed by atoms with Crippen LogP contribution in [-0.4, -0.2) is 28.8 Å². The van der Waals surface area contributed by atoms with Crippen molar-refractivity contribution in [2.24, 2.45) is 5.92 Å². The molecular weight excluding hydrogens is 398 g/mol. The number of rotatable bonds is 6. The molecule has 1 aliphatic rings. The van der Waals surface area contributed by atoms with E-state index in [0.29, 0.717) is 30.2 Å². The number of thiophene rings is 1. The molecule has 156 valence electrons. The van der Waals surface area contributed by atoms with Crippen LogP contribution >= 0.6 is 11.3 Å². The van der Waals surface area contributed by atoms with Crippen LogP contribution in [0.15, 0.2) is 18.5 Å². The standard InChI is InChI=1S/C22H25N5O2S/c1-3-29-19(28)9-13-4-5-14-18(8-13)30-22-20(14)21(25-11-26-22)27-17-7-6-16(24)15(10-23)12(17)2/h6-7,10-11,13,23H,3-5,8-9,24H2,1-2H3,(H,25,26,27). The van der Waals surface area contributed by atoms with E-state index in [-0.39, 0.29) is 5.97 Å². The third-order valence-electron chi connectivity index (χ3n) is 5.65. The van der Waals surface area contributed by atoms with Crippen molar-refractivity contribution in [3.63, 3.8) is 0 Å². The van der Waals surface area contributed by atoms with Crippen molar-refractivity contribution in [1.82, 2.24) is 9.97 Å². The Balaban J connectivity index is 1.66. The molecule has 0 saturated carbocycles. The summed E-state index contributed by atoms with van der Waals surface area (Å²) in [4.78, 5) is 23.1. The first kappa shape index (κ1) is 20.3. The van der Waals surface area contributed by atoms with E-state index < -0.39 is 0 Å². The molecule has 4 rings (SSSR count). The normalized spacial score (nSPS) is 15.6. The number of anilines is 3. The number of aromatic nitrogens is 2. The van der Waals surface area contributed by atoms with Gasteiger partial charge in [0.2, 0.25) is 0 Å². The van der Waals surface area contributed by atoms with Gasteiger partial charge in [0.1, 0.15) is 17.0 Å². The molecule has 3 aromatic rings. The number of nitrogens with two attached hydrogens (primary N) is 1. The molecule has 30 heavy (non-hydrogen) atoms. The van der Waals surface area contributed by atoms with Crippen molar-refractivity contribution in [3.05, 3.63) is 40.0 Å². The molecule has 1 atom stereocenters. The van der Waals surface area contributed by atoms with Gasteiger partial charge in [-0.05, 0) is 62.3 Å². The zero-order valence-electron chi connectivity index (χ0n) is 17.1. The molecule has 4 N–H and O–H groups in total. The van der Waals surface area contributed by atoms with Gasteiger partial charge in [0, 0.05) is 34.5 Å². The number of benzene rings is 1. The van der Waals surface area contributed by atoms with E-state index in [2.05, 4.69) is 15.3 Å². The van der Waals surface area contributed by atoms with Crippen molar-refractivity contribution < 1.29 is 9.53 Å². The Morgan fingerprint density at radius 2 is 2.27 bits per heavy atom. The maximum atomic E-state index is 11.9. The lowest BCUT2D eigenvalue weighted by Crippen LogP contribution is -2.18. The zero-order valence-corrected chi connectivity index (χ0v) is 17.9. The molecule has 1 aromatic carbocycles. The van der Waals surface area contributed by atoms with Crippen LogP contribution in [-0.2, 0) is 22.4 Å². The second-order valence-corrected chi connectivity index (χ2v) is 8.62. The van der Waals surface area contributed by atoms with E-state index in [4.69, 9.17) is 15.9 Å². The molecule has 8 heteroatoms. The molecule has 0 radical (unpaired) electrons. The highest BCUT2D eigenvalue weighted by Crippen LogP contribution is 2.41. The maximum absolute atomic E-state index is 11.9. The zero-order chi connectivity index (χ0) is 21.3. The van der Waals surface area contributed by atoms with Crippen LogP contribution in [0.25, 0.3) is 10.2 Å². The van der Waals surface area contributed by atoms with Gasteiger partial charge < -0.3 is 21.2 Å². The van der Waals surface area contributed by atoms with Crippen LogP contribution in [0.5, 0.6) is 0 Å². The predicted octanol–water partition coefficient (Wildman–Crippen LogP) is 4.38. The molecule has 7 nitrogen and oxygen atoms in total. The maximum Gasteiger partial charge on any atom is 0.306 e. The summed E-state index contributed by atoms with van der Waals surface area (Å²) < 4.78 is 5.12. The molecule has 1 aliphatic carbocycles. The number of fused-ring (bicyclic) bond motifs is 3. The van der Waals surface area contributed by atoms with Crippen LogP contribution in [0.2, 0.25) is 0 Å². The second kappa shape index (κ2) is 8.39. The Kier molecular flexibility index (Phi) is 5.67. The highest BCUT2D eigenvalue weighted by Gasteiger charge is 2.27. The predicted molar refractivity (Wildman–Crippen MR) is 121 cm³/mol. The first-order chi connectivity index (χ1) is 14.5. The highest BCUT2D eigenvalue weighted by molar-refractivity contribution is 7.19. The number of hydrogen-bond donors (Lipinski definition) is 3. The summed E-state index contributed by atoms with van der Waals surface area (Å²) in [6.07, 6.45) is 6.04. The van der Waals surface area contributed by atoms with Gasteiger partial charge in [0.05, 0.1) is 12.0 Å². The lowest BCUT2D eigenvalue weighted by Gasteiger charge is -2.21. The number of aryl methyl sites for hydroxylation is 1. The van der Waals surface area contributed by atoms with Crippen LogP contribution < -0.4 is 11.1 Å². The van der Waals surface area contributed by atoms with Crippen molar-refractivity contribution in [1.29, 1.82) is 5.41 Å². The number of esters is 1. The highest BCUT2D eigenvalue weighted by atomic mass is 32.1. The summed E-state index contributed by atoms with van der Waals surface area (Å²) in [6, 6.07) is 3.72. The summed E-state index contributed by atoms with van der Waals surface area (Å²) in [7, 11) is 0. The smallest absolute Gasteiger partial charge is 0.306 e. The van der Waals surface area contributed by atoms with E-state index in [1.54, 1.807) is 23.7 Å². The topological polar surface area (TPSA) is 114 Å². The number of nitrogens with one attached hydrogen (secondary N) is 2. The molecule has 2 aromatic heterocycles. The van der Waals surface area contributed by atoms with Crippen LogP contribution in [0.4, 0.5) is 17.2 Å². The van der Waals surface area contributed by atoms with Gasteiger partial charge in [-0.2, -0.15) is 0 Å². The van der Waals surface area contributed by atoms with Crippen molar-refractivity contribution in [2.75, 3.05) is 17.7 Å². The van der Waals surface area contributed by atoms with E-state index in [1.807, 2.05) is 19.9 Å². The summed E-state index contributed by atoms with van der Waals surface area (Å²) in [5.74, 6) is 0.962. The lowest BCUT2D eigenvalue weighted by molar-refractivity contribution is -0.144. The van der Waals surface area contributed by atoms with Crippen LogP contribution in [0.3, 0.4) is 0 Å². The van der Waals surface area contributed by atoms with Gasteiger partial charge in [-0.15, -0.1) is 11.3 Å². The molecular formula is C22H25N5O2S. The van der Waals surface area contributed by atoms with Crippen molar-refractivity contribution >= 4 is 50.9 Å². The molecule has 0 bridgehead atoms. The molecule has 0 aliphatic heterocycles. The fourth-order valence-electron chi connectivity index (χ4n) is 4.11. The average Bonchev–Trinajstić information content (AvgIpc) is 3.09. The van der Waals surface area contributed by atoms with Crippen molar-refractivity contribution in [2.45, 2.75) is 39.5 Å². The Morgan fingerprint density at radius 1 is 1.43 bits per heavy atom. The molecule has 0 fully saturated rings. The van der Waals surface area contributed by atoms with E-state index >= 15 is 0 Å². The molecule has 0 spiro atoms. The molecule has 1 unspecified atom stereocenters. The quantitative estimate of drug-likeness (QED) is 0.308. The number of nitrogens with zero attached hydrogens (tertiary/aromatic N) is 2. The molecule has 0 saturated heterocycles. The minimum Gasteiger partial charge on any atom is -0.466 e. The molecule has 2 heterocycles. The minimum atomic E-state index is -0.116. The van der Waals surface area contributed by atoms with E-state index in [1.165, 1.54) is 16.7 Å².